The number of phenols is 1. The predicted octanol–water partition coefficient (Wildman–Crippen LogP) is 3.01. The van der Waals surface area contributed by atoms with E-state index in [1.807, 2.05) is 13.8 Å². The van der Waals surface area contributed by atoms with E-state index in [0.717, 1.165) is 16.7 Å². The van der Waals surface area contributed by atoms with Gasteiger partial charge in [0, 0.05) is 11.6 Å². The molecule has 1 heterocycles. The largest absolute Gasteiger partial charge is 0.507 e. The third-order valence-electron chi connectivity index (χ3n) is 2.46. The first kappa shape index (κ1) is 11.0. The number of rotatable bonds is 1. The van der Waals surface area contributed by atoms with Crippen LogP contribution in [0.1, 0.15) is 11.1 Å². The first-order chi connectivity index (χ1) is 7.50. The van der Waals surface area contributed by atoms with Crippen molar-refractivity contribution >= 4 is 21.8 Å². The fourth-order valence-corrected chi connectivity index (χ4v) is 2.05. The summed E-state index contributed by atoms with van der Waals surface area (Å²) in [5.74, 6) is 0.494. The molecule has 0 saturated heterocycles. The summed E-state index contributed by atoms with van der Waals surface area (Å²) in [5, 5.41) is 13.5. The Morgan fingerprint density at radius 1 is 1.38 bits per heavy atom. The van der Waals surface area contributed by atoms with Crippen molar-refractivity contribution in [2.75, 3.05) is 5.73 Å². The fourth-order valence-electron chi connectivity index (χ4n) is 1.74. The van der Waals surface area contributed by atoms with Crippen LogP contribution in [-0.2, 0) is 0 Å². The minimum atomic E-state index is 0.218. The van der Waals surface area contributed by atoms with Crippen molar-refractivity contribution in [2.45, 2.75) is 13.8 Å². The molecule has 5 heteroatoms. The molecule has 0 unspecified atom stereocenters. The number of hydrogen-bond acceptors (Lipinski definition) is 4. The second-order valence-corrected chi connectivity index (χ2v) is 4.43. The van der Waals surface area contributed by atoms with Gasteiger partial charge in [-0.25, -0.2) is 0 Å². The minimum absolute atomic E-state index is 0.218. The zero-order chi connectivity index (χ0) is 11.9. The zero-order valence-corrected chi connectivity index (χ0v) is 10.5. The van der Waals surface area contributed by atoms with Gasteiger partial charge in [0.15, 0.2) is 0 Å². The van der Waals surface area contributed by atoms with Gasteiger partial charge in [0.1, 0.15) is 11.4 Å². The smallest absolute Gasteiger partial charge is 0.222 e. The quantitative estimate of drug-likeness (QED) is 0.843. The Morgan fingerprint density at radius 3 is 2.62 bits per heavy atom. The maximum Gasteiger partial charge on any atom is 0.222 e. The molecule has 84 valence electrons. The third-order valence-corrected chi connectivity index (χ3v) is 3.46. The van der Waals surface area contributed by atoms with Gasteiger partial charge in [-0.3, -0.25) is 0 Å². The summed E-state index contributed by atoms with van der Waals surface area (Å²) >= 11 is 3.33. The van der Waals surface area contributed by atoms with Gasteiger partial charge in [0.05, 0.1) is 4.47 Å². The fraction of sp³-hybridized carbons (Fsp3) is 0.182. The number of nitrogens with zero attached hydrogens (tertiary/aromatic N) is 1. The van der Waals surface area contributed by atoms with Crippen LogP contribution in [-0.4, -0.2) is 10.3 Å². The highest BCUT2D eigenvalue weighted by Gasteiger charge is 2.15. The van der Waals surface area contributed by atoms with Crippen molar-refractivity contribution in [3.8, 4) is 17.0 Å². The molecule has 0 saturated carbocycles. The first-order valence-electron chi connectivity index (χ1n) is 4.72. The van der Waals surface area contributed by atoms with Crippen LogP contribution in [0.3, 0.4) is 0 Å². The average molecular weight is 283 g/mol. The van der Waals surface area contributed by atoms with Crippen molar-refractivity contribution < 1.29 is 9.63 Å². The lowest BCUT2D eigenvalue weighted by Crippen LogP contribution is -1.90. The van der Waals surface area contributed by atoms with Crippen molar-refractivity contribution in [1.29, 1.82) is 0 Å². The van der Waals surface area contributed by atoms with Crippen LogP contribution in [0.2, 0.25) is 0 Å². The second-order valence-electron chi connectivity index (χ2n) is 3.64. The number of aryl methyl sites for hydroxylation is 1. The minimum Gasteiger partial charge on any atom is -0.507 e. The van der Waals surface area contributed by atoms with Crippen LogP contribution in [0.15, 0.2) is 21.1 Å². The lowest BCUT2D eigenvalue weighted by Gasteiger charge is -2.10. The van der Waals surface area contributed by atoms with Gasteiger partial charge in [-0.2, -0.15) is 0 Å². The third kappa shape index (κ3) is 1.67. The van der Waals surface area contributed by atoms with Crippen molar-refractivity contribution in [3.63, 3.8) is 0 Å². The molecule has 2 aromatic rings. The predicted molar refractivity (Wildman–Crippen MR) is 65.2 cm³/mol. The molecule has 4 nitrogen and oxygen atoms in total. The lowest BCUT2D eigenvalue weighted by atomic mass is 9.99. The number of halogens is 1. The molecule has 0 spiro atoms. The summed E-state index contributed by atoms with van der Waals surface area (Å²) < 4.78 is 5.51. The molecule has 1 aromatic heterocycles. The van der Waals surface area contributed by atoms with E-state index in [4.69, 9.17) is 10.3 Å². The lowest BCUT2D eigenvalue weighted by molar-refractivity contribution is 0.439. The summed E-state index contributed by atoms with van der Waals surface area (Å²) in [6.45, 7) is 3.80. The van der Waals surface area contributed by atoms with E-state index in [9.17, 15) is 5.11 Å². The van der Waals surface area contributed by atoms with Crippen molar-refractivity contribution in [2.24, 2.45) is 0 Å². The number of nitrogens with two attached hydrogens (primary N) is 1. The molecule has 3 N–H and O–H groups in total. The molecule has 0 aliphatic rings. The molecular weight excluding hydrogens is 272 g/mol. The standard InChI is InChI=1S/C11H11BrN2O2/c1-5-3-8(15)11(12)6(2)10(5)7-4-9(13)16-14-7/h3-4,15H,13H2,1-2H3. The Kier molecular flexibility index (Phi) is 2.63. The van der Waals surface area contributed by atoms with E-state index in [-0.39, 0.29) is 11.6 Å². The zero-order valence-electron chi connectivity index (χ0n) is 8.91. The van der Waals surface area contributed by atoms with Crippen LogP contribution in [0.5, 0.6) is 5.75 Å². The second kappa shape index (κ2) is 3.83. The number of aromatic hydroxyl groups is 1. The SMILES string of the molecule is Cc1cc(O)c(Br)c(C)c1-c1cc(N)on1. The van der Waals surface area contributed by atoms with Gasteiger partial charge < -0.3 is 15.4 Å². The van der Waals surface area contributed by atoms with Gasteiger partial charge in [-0.1, -0.05) is 5.16 Å². The van der Waals surface area contributed by atoms with Gasteiger partial charge in [0.25, 0.3) is 0 Å². The van der Waals surface area contributed by atoms with E-state index in [0.29, 0.717) is 10.2 Å². The normalized spacial score (nSPS) is 10.7. The maximum absolute atomic E-state index is 9.64. The van der Waals surface area contributed by atoms with Gasteiger partial charge in [-0.15, -0.1) is 0 Å². The highest BCUT2D eigenvalue weighted by Crippen LogP contribution is 2.37. The summed E-state index contributed by atoms with van der Waals surface area (Å²) in [6.07, 6.45) is 0. The number of phenolic OH excluding ortho intramolecular Hbond substituents is 1. The van der Waals surface area contributed by atoms with Crippen LogP contribution in [0.25, 0.3) is 11.3 Å². The van der Waals surface area contributed by atoms with Gasteiger partial charge in [-0.05, 0) is 47.0 Å². The number of aromatic nitrogens is 1. The van der Waals surface area contributed by atoms with Crippen LogP contribution in [0, 0.1) is 13.8 Å². The van der Waals surface area contributed by atoms with Crippen LogP contribution in [0.4, 0.5) is 5.88 Å². The van der Waals surface area contributed by atoms with Crippen molar-refractivity contribution in [3.05, 3.63) is 27.7 Å². The molecule has 0 radical (unpaired) electrons. The van der Waals surface area contributed by atoms with E-state index >= 15 is 0 Å². The van der Waals surface area contributed by atoms with Crippen LogP contribution < -0.4 is 5.73 Å². The Balaban J connectivity index is 2.70. The van der Waals surface area contributed by atoms with Gasteiger partial charge >= 0.3 is 0 Å². The first-order valence-corrected chi connectivity index (χ1v) is 5.51. The molecule has 0 amide bonds. The highest BCUT2D eigenvalue weighted by atomic mass is 79.9. The summed E-state index contributed by atoms with van der Waals surface area (Å²) in [7, 11) is 0. The van der Waals surface area contributed by atoms with Gasteiger partial charge in [0.2, 0.25) is 5.88 Å². The molecule has 0 aliphatic heterocycles. The average Bonchev–Trinajstić information content (AvgIpc) is 2.61. The molecule has 0 fully saturated rings. The number of nitrogen functional groups attached to an aromatic ring is 1. The molecule has 1 aromatic carbocycles. The Hall–Kier alpha value is -1.49. The number of hydrogen-bond donors (Lipinski definition) is 2. The summed E-state index contributed by atoms with van der Waals surface area (Å²) in [5.41, 5.74) is 8.92. The van der Waals surface area contributed by atoms with E-state index in [1.54, 1.807) is 12.1 Å². The maximum atomic E-state index is 9.64. The van der Waals surface area contributed by atoms with Crippen LogP contribution >= 0.6 is 15.9 Å². The molecule has 0 atom stereocenters. The van der Waals surface area contributed by atoms with Crippen molar-refractivity contribution in [1.82, 2.24) is 5.16 Å². The molecule has 16 heavy (non-hydrogen) atoms. The Morgan fingerprint density at radius 2 is 2.06 bits per heavy atom. The molecule has 2 rings (SSSR count). The van der Waals surface area contributed by atoms with E-state index in [2.05, 4.69) is 21.1 Å². The Bertz CT molecular complexity index is 549. The highest BCUT2D eigenvalue weighted by molar-refractivity contribution is 9.10. The van der Waals surface area contributed by atoms with E-state index in [1.165, 1.54) is 0 Å². The molecular formula is C11H11BrN2O2. The van der Waals surface area contributed by atoms with E-state index < -0.39 is 0 Å². The summed E-state index contributed by atoms with van der Waals surface area (Å²) in [4.78, 5) is 0. The topological polar surface area (TPSA) is 72.3 Å². The molecule has 0 bridgehead atoms. The molecule has 0 aliphatic carbocycles. The monoisotopic (exact) mass is 282 g/mol. The Labute approximate surface area is 101 Å². The number of anilines is 1. The summed E-state index contributed by atoms with van der Waals surface area (Å²) in [6, 6.07) is 3.34. The number of benzene rings is 1.